The first-order valence-corrected chi connectivity index (χ1v) is 11.8. The second-order valence-electron chi connectivity index (χ2n) is 8.53. The largest absolute Gasteiger partial charge is 0.480 e. The third-order valence-electron chi connectivity index (χ3n) is 6.61. The minimum atomic E-state index is -1.93. The molecule has 0 amide bonds. The van der Waals surface area contributed by atoms with Crippen molar-refractivity contribution in [2.24, 2.45) is 0 Å². The van der Waals surface area contributed by atoms with E-state index in [1.807, 2.05) is 9.80 Å². The van der Waals surface area contributed by atoms with Gasteiger partial charge in [-0.3, -0.25) is 14.5 Å². The Labute approximate surface area is 198 Å². The van der Waals surface area contributed by atoms with Gasteiger partial charge in [0.15, 0.2) is 11.2 Å². The first-order valence-electron chi connectivity index (χ1n) is 10.6. The van der Waals surface area contributed by atoms with Gasteiger partial charge in [-0.2, -0.15) is 0 Å². The molecule has 2 aromatic rings. The molecule has 3 aliphatic rings. The SMILES string of the molecule is O=C(O)C1(c2ccc(Br)cc2)C(=O)c2cc(Cl)cc(F)c2N(C2CC2)C1N1CCNCC1. The third kappa shape index (κ3) is 3.27. The molecule has 1 saturated heterocycles. The van der Waals surface area contributed by atoms with Gasteiger partial charge in [-0.15, -0.1) is 0 Å². The number of ketones is 1. The topological polar surface area (TPSA) is 72.9 Å². The summed E-state index contributed by atoms with van der Waals surface area (Å²) in [7, 11) is 0. The highest BCUT2D eigenvalue weighted by Gasteiger charge is 2.63. The minimum absolute atomic E-state index is 0.0265. The normalized spacial score (nSPS) is 26.2. The number of anilines is 1. The molecule has 2 aliphatic heterocycles. The predicted molar refractivity (Wildman–Crippen MR) is 123 cm³/mol. The van der Waals surface area contributed by atoms with E-state index in [-0.39, 0.29) is 22.3 Å². The number of benzene rings is 2. The van der Waals surface area contributed by atoms with Crippen LogP contribution in [0.15, 0.2) is 40.9 Å². The zero-order valence-corrected chi connectivity index (χ0v) is 19.5. The fraction of sp³-hybridized carbons (Fsp3) is 0.391. The molecule has 2 N–H and O–H groups in total. The first-order chi connectivity index (χ1) is 15.4. The van der Waals surface area contributed by atoms with Crippen LogP contribution in [0, 0.1) is 5.82 Å². The van der Waals surface area contributed by atoms with Crippen LogP contribution < -0.4 is 10.2 Å². The van der Waals surface area contributed by atoms with Gasteiger partial charge in [0.25, 0.3) is 0 Å². The smallest absolute Gasteiger partial charge is 0.325 e. The van der Waals surface area contributed by atoms with Crippen LogP contribution in [0.1, 0.15) is 28.8 Å². The summed E-state index contributed by atoms with van der Waals surface area (Å²) in [4.78, 5) is 31.2. The molecule has 2 unspecified atom stereocenters. The number of hydrogen-bond donors (Lipinski definition) is 2. The summed E-state index contributed by atoms with van der Waals surface area (Å²) in [5.41, 5.74) is -1.36. The van der Waals surface area contributed by atoms with Crippen LogP contribution in [0.25, 0.3) is 0 Å². The molecule has 0 aromatic heterocycles. The van der Waals surface area contributed by atoms with E-state index >= 15 is 4.39 Å². The molecule has 0 radical (unpaired) electrons. The van der Waals surface area contributed by atoms with Crippen molar-refractivity contribution in [2.75, 3.05) is 31.1 Å². The van der Waals surface area contributed by atoms with E-state index in [0.717, 1.165) is 17.3 Å². The van der Waals surface area contributed by atoms with Crippen LogP contribution in [0.5, 0.6) is 0 Å². The second kappa shape index (κ2) is 8.09. The molecule has 168 valence electrons. The van der Waals surface area contributed by atoms with Crippen LogP contribution in [-0.4, -0.2) is 60.1 Å². The summed E-state index contributed by atoms with van der Waals surface area (Å²) in [5.74, 6) is -2.48. The van der Waals surface area contributed by atoms with E-state index in [0.29, 0.717) is 31.7 Å². The standard InChI is InChI=1S/C23H22BrClFN3O3/c24-14-3-1-13(2-4-14)23(22(31)32)20(30)17-11-15(25)12-18(26)19(17)29(16-5-6-16)21(23)28-9-7-27-8-10-28/h1-4,11-12,16,21,27H,5-10H2,(H,31,32). The van der Waals surface area contributed by atoms with Crippen molar-refractivity contribution >= 4 is 45.0 Å². The maximum Gasteiger partial charge on any atom is 0.325 e. The molecule has 2 aromatic carbocycles. The van der Waals surface area contributed by atoms with Crippen LogP contribution in [-0.2, 0) is 10.2 Å². The predicted octanol–water partition coefficient (Wildman–Crippen LogP) is 3.66. The van der Waals surface area contributed by atoms with Gasteiger partial charge in [0, 0.05) is 47.3 Å². The van der Waals surface area contributed by atoms with E-state index in [9.17, 15) is 14.7 Å². The lowest BCUT2D eigenvalue weighted by atomic mass is 9.67. The number of fused-ring (bicyclic) bond motifs is 1. The molecule has 6 nitrogen and oxygen atoms in total. The first kappa shape index (κ1) is 21.8. The van der Waals surface area contributed by atoms with Crippen molar-refractivity contribution in [1.29, 1.82) is 0 Å². The minimum Gasteiger partial charge on any atom is -0.480 e. The number of carbonyl (C=O) groups excluding carboxylic acids is 1. The number of Topliss-reactive ketones (excluding diaryl/α,β-unsaturated/α-hetero) is 1. The van der Waals surface area contributed by atoms with E-state index in [1.54, 1.807) is 24.3 Å². The highest BCUT2D eigenvalue weighted by Crippen LogP contribution is 2.50. The summed E-state index contributed by atoms with van der Waals surface area (Å²) in [5, 5.41) is 14.1. The maximum atomic E-state index is 15.3. The van der Waals surface area contributed by atoms with E-state index in [1.165, 1.54) is 12.1 Å². The van der Waals surface area contributed by atoms with Gasteiger partial charge in [0.05, 0.1) is 5.69 Å². The van der Waals surface area contributed by atoms with Crippen molar-refractivity contribution in [3.05, 3.63) is 62.8 Å². The number of hydrogen-bond acceptors (Lipinski definition) is 5. The third-order valence-corrected chi connectivity index (χ3v) is 7.36. The zero-order chi connectivity index (χ0) is 22.6. The van der Waals surface area contributed by atoms with Crippen molar-refractivity contribution in [3.63, 3.8) is 0 Å². The van der Waals surface area contributed by atoms with Crippen molar-refractivity contribution in [3.8, 4) is 0 Å². The van der Waals surface area contributed by atoms with Gasteiger partial charge in [-0.05, 0) is 42.7 Å². The highest BCUT2D eigenvalue weighted by atomic mass is 79.9. The summed E-state index contributed by atoms with van der Waals surface area (Å²) in [6.07, 6.45) is 0.772. The molecule has 2 fully saturated rings. The Balaban J connectivity index is 1.83. The summed E-state index contributed by atoms with van der Waals surface area (Å²) >= 11 is 9.52. The molecule has 5 rings (SSSR count). The average Bonchev–Trinajstić information content (AvgIpc) is 3.60. The zero-order valence-electron chi connectivity index (χ0n) is 17.2. The number of carboxylic acid groups (broad SMARTS) is 1. The van der Waals surface area contributed by atoms with Gasteiger partial charge >= 0.3 is 5.97 Å². The molecule has 1 saturated carbocycles. The fourth-order valence-electron chi connectivity index (χ4n) is 5.10. The van der Waals surface area contributed by atoms with Gasteiger partial charge < -0.3 is 15.3 Å². The second-order valence-corrected chi connectivity index (χ2v) is 9.88. The lowest BCUT2D eigenvalue weighted by Crippen LogP contribution is -2.71. The van der Waals surface area contributed by atoms with Crippen LogP contribution in [0.4, 0.5) is 10.1 Å². The van der Waals surface area contributed by atoms with Crippen LogP contribution in [0.3, 0.4) is 0 Å². The van der Waals surface area contributed by atoms with Gasteiger partial charge in [0.1, 0.15) is 12.0 Å². The number of carbonyl (C=O) groups is 2. The molecule has 32 heavy (non-hydrogen) atoms. The van der Waals surface area contributed by atoms with Crippen molar-refractivity contribution in [1.82, 2.24) is 10.2 Å². The Hall–Kier alpha value is -2.00. The van der Waals surface area contributed by atoms with E-state index in [4.69, 9.17) is 11.6 Å². The quantitative estimate of drug-likeness (QED) is 0.597. The Morgan fingerprint density at radius 1 is 1.19 bits per heavy atom. The molecule has 0 spiro atoms. The Morgan fingerprint density at radius 2 is 1.84 bits per heavy atom. The van der Waals surface area contributed by atoms with Crippen LogP contribution in [0.2, 0.25) is 5.02 Å². The number of piperazine rings is 1. The summed E-state index contributed by atoms with van der Waals surface area (Å²) < 4.78 is 16.1. The number of rotatable bonds is 4. The van der Waals surface area contributed by atoms with Gasteiger partial charge in [0.2, 0.25) is 0 Å². The monoisotopic (exact) mass is 521 g/mol. The molecule has 2 atom stereocenters. The Kier molecular flexibility index (Phi) is 5.52. The number of halogens is 3. The van der Waals surface area contributed by atoms with Crippen molar-refractivity contribution in [2.45, 2.75) is 30.5 Å². The number of nitrogens with one attached hydrogen (secondary N) is 1. The van der Waals surface area contributed by atoms with Gasteiger partial charge in [-0.25, -0.2) is 4.39 Å². The molecular formula is C23H22BrClFN3O3. The highest BCUT2D eigenvalue weighted by molar-refractivity contribution is 9.10. The van der Waals surface area contributed by atoms with E-state index in [2.05, 4.69) is 21.2 Å². The molecule has 1 aliphatic carbocycles. The van der Waals surface area contributed by atoms with Gasteiger partial charge in [-0.1, -0.05) is 39.7 Å². The summed E-state index contributed by atoms with van der Waals surface area (Å²) in [6.45, 7) is 2.43. The Morgan fingerprint density at radius 3 is 2.44 bits per heavy atom. The van der Waals surface area contributed by atoms with E-state index < -0.39 is 29.2 Å². The fourth-order valence-corrected chi connectivity index (χ4v) is 5.57. The van der Waals surface area contributed by atoms with Crippen molar-refractivity contribution < 1.29 is 19.1 Å². The number of carboxylic acids is 1. The Bertz CT molecular complexity index is 1090. The number of nitrogens with zero attached hydrogens (tertiary/aromatic N) is 2. The lowest BCUT2D eigenvalue weighted by Gasteiger charge is -2.53. The summed E-state index contributed by atoms with van der Waals surface area (Å²) in [6, 6.07) is 9.37. The lowest BCUT2D eigenvalue weighted by molar-refractivity contribution is -0.145. The maximum absolute atomic E-state index is 15.3. The average molecular weight is 523 g/mol. The molecule has 0 bridgehead atoms. The van der Waals surface area contributed by atoms with Crippen LogP contribution >= 0.6 is 27.5 Å². The number of aliphatic carboxylic acids is 1. The molecule has 2 heterocycles. The molecular weight excluding hydrogens is 501 g/mol. The molecule has 9 heteroatoms.